The van der Waals surface area contributed by atoms with E-state index in [2.05, 4.69) is 6.92 Å². The molecule has 0 aromatic carbocycles. The summed E-state index contributed by atoms with van der Waals surface area (Å²) in [5.41, 5.74) is 0. The summed E-state index contributed by atoms with van der Waals surface area (Å²) < 4.78 is 0. The van der Waals surface area contributed by atoms with Crippen LogP contribution in [0.1, 0.15) is 13.8 Å². The summed E-state index contributed by atoms with van der Waals surface area (Å²) in [7, 11) is 0. The van der Waals surface area contributed by atoms with E-state index in [9.17, 15) is 4.79 Å². The summed E-state index contributed by atoms with van der Waals surface area (Å²) in [4.78, 5) is 18.0. The van der Waals surface area contributed by atoms with Crippen LogP contribution >= 0.6 is 0 Å². The van der Waals surface area contributed by atoms with Gasteiger partial charge >= 0.3 is 26.2 Å². The van der Waals surface area contributed by atoms with Gasteiger partial charge in [-0.05, 0) is 12.7 Å². The Balaban J connectivity index is -0.0000000575. The van der Waals surface area contributed by atoms with Crippen LogP contribution in [0.5, 0.6) is 0 Å². The minimum absolute atomic E-state index is 0. The van der Waals surface area contributed by atoms with Crippen LogP contribution in [0.2, 0.25) is 0 Å². The zero-order chi connectivity index (χ0) is 6.28. The minimum Gasteiger partial charge on any atom is -0.542 e. The fourth-order valence-corrected chi connectivity index (χ4v) is 0. The maximum atomic E-state index is 9.33. The van der Waals surface area contributed by atoms with Crippen LogP contribution in [-0.4, -0.2) is 12.1 Å². The number of carbonyl (C=O) groups excluding carboxylic acids is 2. The summed E-state index contributed by atoms with van der Waals surface area (Å²) in [5, 5.41) is 0. The average Bonchev–Trinajstić information content (AvgIpc) is 1.33. The van der Waals surface area contributed by atoms with Crippen LogP contribution in [0.25, 0.3) is 0 Å². The van der Waals surface area contributed by atoms with Crippen molar-refractivity contribution in [3.63, 3.8) is 0 Å². The van der Waals surface area contributed by atoms with Crippen LogP contribution in [0, 0.1) is 6.92 Å². The van der Waals surface area contributed by atoms with Crippen LogP contribution in [-0.2, 0) is 35.8 Å². The number of rotatable bonds is 0. The fraction of sp³-hybridized carbons (Fsp3) is 0.400. The SMILES string of the molecule is C[C-]=O.[CH2-]C(C)=O.[Zr+2]. The van der Waals surface area contributed by atoms with Gasteiger partial charge in [-0.2, -0.15) is 6.92 Å². The van der Waals surface area contributed by atoms with Crippen molar-refractivity contribution in [3.05, 3.63) is 6.92 Å². The molecule has 8 heavy (non-hydrogen) atoms. The van der Waals surface area contributed by atoms with Gasteiger partial charge in [0.2, 0.25) is 0 Å². The molecule has 3 heteroatoms. The molecule has 0 saturated carbocycles. The molecule has 0 aromatic rings. The largest absolute Gasteiger partial charge is 2.00 e. The summed E-state index contributed by atoms with van der Waals surface area (Å²) in [6, 6.07) is 0. The minimum atomic E-state index is -0.0833. The number of Topliss-reactive ketones (excluding diaryl/α,β-unsaturated/α-hetero) is 1. The maximum absolute atomic E-state index is 9.33. The molecule has 0 rings (SSSR count). The summed E-state index contributed by atoms with van der Waals surface area (Å²) in [5.74, 6) is -0.0833. The van der Waals surface area contributed by atoms with Gasteiger partial charge in [0.15, 0.2) is 0 Å². The monoisotopic (exact) mass is 190 g/mol. The molecule has 0 spiro atoms. The van der Waals surface area contributed by atoms with Gasteiger partial charge in [0.1, 0.15) is 0 Å². The molecule has 2 nitrogen and oxygen atoms in total. The first-order valence-corrected chi connectivity index (χ1v) is 1.76. The Bertz CT molecular complexity index is 57.4. The van der Waals surface area contributed by atoms with Crippen LogP contribution in [0.15, 0.2) is 0 Å². The van der Waals surface area contributed by atoms with Gasteiger partial charge in [0.05, 0.1) is 0 Å². The average molecular weight is 191 g/mol. The van der Waals surface area contributed by atoms with Crippen molar-refractivity contribution in [1.82, 2.24) is 0 Å². The van der Waals surface area contributed by atoms with E-state index in [0.717, 1.165) is 0 Å². The second kappa shape index (κ2) is 15.7. The summed E-state index contributed by atoms with van der Waals surface area (Å²) in [6.45, 7) is 5.74. The van der Waals surface area contributed by atoms with E-state index in [1.807, 2.05) is 0 Å². The molecule has 0 amide bonds. The first-order chi connectivity index (χ1) is 3.15. The Kier molecular flexibility index (Phi) is 30.8. The molecular formula is C5H8O2Zr. The molecule has 0 unspecified atom stereocenters. The van der Waals surface area contributed by atoms with Gasteiger partial charge in [-0.25, -0.2) is 0 Å². The Morgan fingerprint density at radius 3 is 1.62 bits per heavy atom. The molecular weight excluding hydrogens is 183 g/mol. The fourth-order valence-electron chi connectivity index (χ4n) is 0. The van der Waals surface area contributed by atoms with Crippen LogP contribution < -0.4 is 0 Å². The molecule has 0 fully saturated rings. The van der Waals surface area contributed by atoms with E-state index in [-0.39, 0.29) is 32.0 Å². The van der Waals surface area contributed by atoms with E-state index in [4.69, 9.17) is 4.79 Å². The molecule has 0 aliphatic carbocycles. The quantitative estimate of drug-likeness (QED) is 0.523. The van der Waals surface area contributed by atoms with E-state index < -0.39 is 0 Å². The summed E-state index contributed by atoms with van der Waals surface area (Å²) >= 11 is 0. The standard InChI is InChI=1S/C3H5O.C2H3O.Zr/c1-3(2)4;1-2-3;/h1H2,2H3;1H3;/q2*-1;+2. The molecule has 0 aromatic heterocycles. The molecule has 0 aliphatic heterocycles. The van der Waals surface area contributed by atoms with E-state index >= 15 is 0 Å². The Morgan fingerprint density at radius 2 is 1.62 bits per heavy atom. The van der Waals surface area contributed by atoms with Crippen molar-refractivity contribution in [3.8, 4) is 0 Å². The molecule has 0 N–H and O–H groups in total. The van der Waals surface area contributed by atoms with E-state index in [1.165, 1.54) is 20.1 Å². The topological polar surface area (TPSA) is 34.1 Å². The third kappa shape index (κ3) is 18200. The molecule has 0 radical (unpaired) electrons. The van der Waals surface area contributed by atoms with Crippen LogP contribution in [0.4, 0.5) is 0 Å². The predicted octanol–water partition coefficient (Wildman–Crippen LogP) is 0.523. The van der Waals surface area contributed by atoms with Gasteiger partial charge in [0, 0.05) is 0 Å². The maximum Gasteiger partial charge on any atom is 2.00 e. The van der Waals surface area contributed by atoms with Crippen molar-refractivity contribution in [2.45, 2.75) is 13.8 Å². The second-order valence-corrected chi connectivity index (χ2v) is 0.906. The number of ketones is 1. The van der Waals surface area contributed by atoms with Crippen molar-refractivity contribution in [1.29, 1.82) is 0 Å². The van der Waals surface area contributed by atoms with Gasteiger partial charge in [-0.3, -0.25) is 6.29 Å². The molecule has 0 saturated heterocycles. The Hall–Kier alpha value is 0.0931. The smallest absolute Gasteiger partial charge is 0.542 e. The zero-order valence-electron chi connectivity index (χ0n) is 5.02. The number of hydrogen-bond donors (Lipinski definition) is 0. The summed E-state index contributed by atoms with van der Waals surface area (Å²) in [6.07, 6.45) is 1.50. The normalized spacial score (nSPS) is 4.75. The first kappa shape index (κ1) is 15.7. The van der Waals surface area contributed by atoms with Gasteiger partial charge < -0.3 is 16.5 Å². The van der Waals surface area contributed by atoms with Crippen molar-refractivity contribution < 1.29 is 35.8 Å². The second-order valence-electron chi connectivity index (χ2n) is 0.906. The number of carbonyl (C=O) groups is 1. The number of hydrogen-bond acceptors (Lipinski definition) is 2. The van der Waals surface area contributed by atoms with Crippen molar-refractivity contribution >= 4 is 12.1 Å². The Labute approximate surface area is 68.8 Å². The van der Waals surface area contributed by atoms with Crippen molar-refractivity contribution in [2.24, 2.45) is 0 Å². The third-order valence-electron chi connectivity index (χ3n) is 0. The molecule has 0 aliphatic rings. The molecule has 0 bridgehead atoms. The van der Waals surface area contributed by atoms with Crippen molar-refractivity contribution in [2.75, 3.05) is 0 Å². The molecule has 0 heterocycles. The Morgan fingerprint density at radius 1 is 1.62 bits per heavy atom. The first-order valence-electron chi connectivity index (χ1n) is 1.76. The van der Waals surface area contributed by atoms with E-state index in [0.29, 0.717) is 0 Å². The van der Waals surface area contributed by atoms with Gasteiger partial charge in [-0.1, -0.05) is 0 Å². The zero-order valence-corrected chi connectivity index (χ0v) is 7.48. The van der Waals surface area contributed by atoms with Gasteiger partial charge in [-0.15, -0.1) is 0 Å². The molecule has 0 atom stereocenters. The third-order valence-corrected chi connectivity index (χ3v) is 0. The molecule has 44 valence electrons. The van der Waals surface area contributed by atoms with E-state index in [1.54, 1.807) is 0 Å². The van der Waals surface area contributed by atoms with Gasteiger partial charge in [0.25, 0.3) is 0 Å². The van der Waals surface area contributed by atoms with Crippen LogP contribution in [0.3, 0.4) is 0 Å². The predicted molar refractivity (Wildman–Crippen MR) is 27.4 cm³/mol.